The van der Waals surface area contributed by atoms with Crippen LogP contribution in [0.2, 0.25) is 0 Å². The molecule has 2 aromatic rings. The summed E-state index contributed by atoms with van der Waals surface area (Å²) in [6.45, 7) is 1.23. The molecule has 1 aromatic heterocycles. The molecule has 0 unspecified atom stereocenters. The number of aromatic hydroxyl groups is 1. The quantitative estimate of drug-likeness (QED) is 0.579. The van der Waals surface area contributed by atoms with E-state index in [2.05, 4.69) is 20.8 Å². The molecule has 8 nitrogen and oxygen atoms in total. The maximum Gasteiger partial charge on any atom is 0.308 e. The van der Waals surface area contributed by atoms with E-state index in [1.807, 2.05) is 0 Å². The second-order valence-corrected chi connectivity index (χ2v) is 4.90. The molecule has 0 spiro atoms. The first kappa shape index (κ1) is 14.7. The average molecular weight is 308 g/mol. The fourth-order valence-electron chi connectivity index (χ4n) is 1.48. The normalized spacial score (nSPS) is 10.0. The molecule has 1 aromatic carbocycles. The summed E-state index contributed by atoms with van der Waals surface area (Å²) in [4.78, 5) is 23.0. The first-order chi connectivity index (χ1) is 9.97. The number of benzene rings is 1. The summed E-state index contributed by atoms with van der Waals surface area (Å²) in [6.07, 6.45) is 0. The number of phenols is 1. The third-order valence-corrected chi connectivity index (χ3v) is 3.13. The van der Waals surface area contributed by atoms with E-state index in [9.17, 15) is 14.7 Å². The Kier molecular flexibility index (Phi) is 4.33. The fourth-order valence-corrected chi connectivity index (χ4v) is 2.08. The molecule has 1 heterocycles. The number of esters is 1. The number of aromatic nitrogens is 2. The van der Waals surface area contributed by atoms with Gasteiger partial charge in [-0.15, -0.1) is 10.2 Å². The van der Waals surface area contributed by atoms with Gasteiger partial charge in [-0.25, -0.2) is 0 Å². The second-order valence-electron chi connectivity index (χ2n) is 3.93. The lowest BCUT2D eigenvalue weighted by Gasteiger charge is -2.06. The van der Waals surface area contributed by atoms with Crippen LogP contribution >= 0.6 is 11.3 Å². The molecular formula is C12H12N4O4S. The van der Waals surface area contributed by atoms with E-state index in [4.69, 9.17) is 4.74 Å². The zero-order valence-corrected chi connectivity index (χ0v) is 12.0. The Morgan fingerprint density at radius 2 is 1.95 bits per heavy atom. The first-order valence-electron chi connectivity index (χ1n) is 5.83. The number of nitrogens with one attached hydrogen (secondary N) is 2. The Bertz CT molecular complexity index is 686. The van der Waals surface area contributed by atoms with E-state index in [1.165, 1.54) is 25.1 Å². The molecule has 2 rings (SSSR count). The van der Waals surface area contributed by atoms with Gasteiger partial charge in [-0.3, -0.25) is 14.9 Å². The minimum absolute atomic E-state index is 0.0841. The number of anilines is 2. The summed E-state index contributed by atoms with van der Waals surface area (Å²) >= 11 is 1.16. The van der Waals surface area contributed by atoms with Gasteiger partial charge in [0.25, 0.3) is 5.91 Å². The summed E-state index contributed by atoms with van der Waals surface area (Å²) in [7, 11) is 1.69. The van der Waals surface area contributed by atoms with Crippen molar-refractivity contribution in [3.8, 4) is 11.5 Å². The lowest BCUT2D eigenvalue weighted by atomic mass is 10.2. The lowest BCUT2D eigenvalue weighted by Crippen LogP contribution is -2.12. The molecule has 110 valence electrons. The minimum Gasteiger partial charge on any atom is -0.508 e. The lowest BCUT2D eigenvalue weighted by molar-refractivity contribution is -0.131. The van der Waals surface area contributed by atoms with Crippen molar-refractivity contribution >= 4 is 33.5 Å². The van der Waals surface area contributed by atoms with Gasteiger partial charge < -0.3 is 15.2 Å². The Labute approximate surface area is 123 Å². The van der Waals surface area contributed by atoms with Crippen molar-refractivity contribution in [2.24, 2.45) is 0 Å². The molecule has 0 radical (unpaired) electrons. The van der Waals surface area contributed by atoms with Crippen LogP contribution in [0.4, 0.5) is 10.3 Å². The highest BCUT2D eigenvalue weighted by molar-refractivity contribution is 7.19. The van der Waals surface area contributed by atoms with Gasteiger partial charge in [0.15, 0.2) is 0 Å². The molecule has 0 atom stereocenters. The maximum atomic E-state index is 12.1. The zero-order valence-electron chi connectivity index (χ0n) is 11.2. The topological polar surface area (TPSA) is 113 Å². The third kappa shape index (κ3) is 3.89. The van der Waals surface area contributed by atoms with Crippen LogP contribution < -0.4 is 15.4 Å². The third-order valence-electron chi connectivity index (χ3n) is 2.27. The molecule has 0 saturated carbocycles. The van der Waals surface area contributed by atoms with Crippen molar-refractivity contribution in [1.29, 1.82) is 0 Å². The van der Waals surface area contributed by atoms with Gasteiger partial charge >= 0.3 is 5.97 Å². The van der Waals surface area contributed by atoms with Crippen molar-refractivity contribution in [3.05, 3.63) is 23.8 Å². The van der Waals surface area contributed by atoms with Crippen molar-refractivity contribution in [3.63, 3.8) is 0 Å². The number of hydrogen-bond acceptors (Lipinski definition) is 8. The molecule has 1 amide bonds. The highest BCUT2D eigenvalue weighted by Gasteiger charge is 2.13. The number of rotatable bonds is 4. The summed E-state index contributed by atoms with van der Waals surface area (Å²) in [5, 5.41) is 23.3. The Hall–Kier alpha value is -2.68. The summed E-state index contributed by atoms with van der Waals surface area (Å²) in [5.74, 6) is -1.15. The van der Waals surface area contributed by atoms with Crippen LogP contribution in [0.5, 0.6) is 11.5 Å². The number of amides is 1. The van der Waals surface area contributed by atoms with E-state index in [1.54, 1.807) is 7.05 Å². The minimum atomic E-state index is -0.547. The molecule has 0 fully saturated rings. The largest absolute Gasteiger partial charge is 0.508 e. The van der Waals surface area contributed by atoms with Gasteiger partial charge in [-0.2, -0.15) is 0 Å². The van der Waals surface area contributed by atoms with E-state index in [0.717, 1.165) is 11.3 Å². The molecule has 0 aliphatic carbocycles. The van der Waals surface area contributed by atoms with E-state index < -0.39 is 11.9 Å². The number of hydrogen-bond donors (Lipinski definition) is 3. The Morgan fingerprint density at radius 3 is 2.57 bits per heavy atom. The van der Waals surface area contributed by atoms with E-state index >= 15 is 0 Å². The summed E-state index contributed by atoms with van der Waals surface area (Å²) in [5.41, 5.74) is 0.132. The van der Waals surface area contributed by atoms with Gasteiger partial charge in [0.05, 0.1) is 0 Å². The highest BCUT2D eigenvalue weighted by Crippen LogP contribution is 2.24. The van der Waals surface area contributed by atoms with Crippen LogP contribution in [0.25, 0.3) is 0 Å². The predicted molar refractivity (Wildman–Crippen MR) is 76.8 cm³/mol. The first-order valence-corrected chi connectivity index (χ1v) is 6.64. The van der Waals surface area contributed by atoms with Crippen LogP contribution in [-0.2, 0) is 4.79 Å². The standard InChI is InChI=1S/C12H12N4O4S/c1-6(17)20-9-4-7(3-8(18)5-9)10(19)14-12-16-15-11(13-2)21-12/h3-5,18H,1-2H3,(H,13,15)(H,14,16,19). The highest BCUT2D eigenvalue weighted by atomic mass is 32.1. The second kappa shape index (κ2) is 6.18. The summed E-state index contributed by atoms with van der Waals surface area (Å²) < 4.78 is 4.84. The number of ether oxygens (including phenoxy) is 1. The predicted octanol–water partition coefficient (Wildman–Crippen LogP) is 1.46. The van der Waals surface area contributed by atoms with Gasteiger partial charge in [-0.1, -0.05) is 11.3 Å². The monoisotopic (exact) mass is 308 g/mol. The smallest absolute Gasteiger partial charge is 0.308 e. The SMILES string of the molecule is CNc1nnc(NC(=O)c2cc(O)cc(OC(C)=O)c2)s1. The molecule has 0 saturated heterocycles. The average Bonchev–Trinajstić information content (AvgIpc) is 2.84. The number of carbonyl (C=O) groups is 2. The van der Waals surface area contributed by atoms with Crippen LogP contribution in [0.15, 0.2) is 18.2 Å². The maximum absolute atomic E-state index is 12.1. The summed E-state index contributed by atoms with van der Waals surface area (Å²) in [6, 6.07) is 3.83. The molecule has 3 N–H and O–H groups in total. The number of carbonyl (C=O) groups excluding carboxylic acids is 2. The van der Waals surface area contributed by atoms with Gasteiger partial charge in [0, 0.05) is 25.6 Å². The fraction of sp³-hybridized carbons (Fsp3) is 0.167. The van der Waals surface area contributed by atoms with Crippen LogP contribution in [-0.4, -0.2) is 34.2 Å². The number of phenolic OH excluding ortho intramolecular Hbond substituents is 1. The Morgan fingerprint density at radius 1 is 1.24 bits per heavy atom. The Balaban J connectivity index is 2.18. The van der Waals surface area contributed by atoms with Crippen LogP contribution in [0, 0.1) is 0 Å². The van der Waals surface area contributed by atoms with Gasteiger partial charge in [-0.05, 0) is 12.1 Å². The van der Waals surface area contributed by atoms with Crippen LogP contribution in [0.3, 0.4) is 0 Å². The molecule has 9 heteroatoms. The van der Waals surface area contributed by atoms with E-state index in [-0.39, 0.29) is 17.1 Å². The van der Waals surface area contributed by atoms with Crippen LogP contribution in [0.1, 0.15) is 17.3 Å². The molecule has 0 aliphatic heterocycles. The molecular weight excluding hydrogens is 296 g/mol. The van der Waals surface area contributed by atoms with Crippen molar-refractivity contribution in [2.75, 3.05) is 17.7 Å². The number of nitrogens with zero attached hydrogens (tertiary/aromatic N) is 2. The van der Waals surface area contributed by atoms with Gasteiger partial charge in [0.1, 0.15) is 11.5 Å². The molecule has 0 bridgehead atoms. The zero-order chi connectivity index (χ0) is 15.4. The molecule has 21 heavy (non-hydrogen) atoms. The van der Waals surface area contributed by atoms with Gasteiger partial charge in [0.2, 0.25) is 10.3 Å². The van der Waals surface area contributed by atoms with Crippen molar-refractivity contribution in [2.45, 2.75) is 6.92 Å². The van der Waals surface area contributed by atoms with E-state index in [0.29, 0.717) is 10.3 Å². The molecule has 0 aliphatic rings. The van der Waals surface area contributed by atoms with Crippen molar-refractivity contribution < 1.29 is 19.4 Å². The van der Waals surface area contributed by atoms with Crippen molar-refractivity contribution in [1.82, 2.24) is 10.2 Å².